The fraction of sp³-hybridized carbons (Fsp3) is 0.0833. The molecule has 2 aromatic carbocycles. The Morgan fingerprint density at radius 3 is 2.27 bits per heavy atom. The maximum absolute atomic E-state index is 13.2. The molecule has 0 atom stereocenters. The Morgan fingerprint density at radius 2 is 1.57 bits per heavy atom. The minimum atomic E-state index is -0.201. The average molecular weight is 395 g/mol. The van der Waals surface area contributed by atoms with Gasteiger partial charge in [-0.3, -0.25) is 9.78 Å². The van der Waals surface area contributed by atoms with Gasteiger partial charge in [-0.25, -0.2) is 9.97 Å². The molecular weight excluding hydrogens is 374 g/mol. The van der Waals surface area contributed by atoms with Crippen LogP contribution in [0.3, 0.4) is 0 Å². The smallest absolute Gasteiger partial charge is 0.276 e. The molecule has 4 rings (SSSR count). The van der Waals surface area contributed by atoms with Gasteiger partial charge in [0.2, 0.25) is 0 Å². The monoisotopic (exact) mass is 395 g/mol. The number of nitrogens with zero attached hydrogens (tertiary/aromatic N) is 4. The van der Waals surface area contributed by atoms with Gasteiger partial charge >= 0.3 is 0 Å². The highest BCUT2D eigenvalue weighted by Crippen LogP contribution is 2.21. The molecule has 0 aliphatic carbocycles. The van der Waals surface area contributed by atoms with Crippen LogP contribution in [-0.2, 0) is 6.54 Å². The van der Waals surface area contributed by atoms with Gasteiger partial charge in [0, 0.05) is 43.3 Å². The van der Waals surface area contributed by atoms with Gasteiger partial charge in [-0.05, 0) is 29.8 Å². The number of rotatable bonds is 6. The van der Waals surface area contributed by atoms with Crippen molar-refractivity contribution >= 4 is 17.4 Å². The first-order chi connectivity index (χ1) is 14.7. The second-order valence-electron chi connectivity index (χ2n) is 6.74. The topological polar surface area (TPSA) is 71.0 Å². The van der Waals surface area contributed by atoms with Gasteiger partial charge in [0.25, 0.3) is 5.91 Å². The molecule has 0 saturated heterocycles. The van der Waals surface area contributed by atoms with Gasteiger partial charge in [-0.15, -0.1) is 0 Å². The molecule has 4 aromatic rings. The minimum Gasteiger partial charge on any atom is -0.366 e. The number of benzene rings is 2. The van der Waals surface area contributed by atoms with Crippen molar-refractivity contribution in [2.75, 3.05) is 17.3 Å². The third-order valence-corrected chi connectivity index (χ3v) is 4.65. The predicted octanol–water partition coefficient (Wildman–Crippen LogP) is 4.43. The van der Waals surface area contributed by atoms with Gasteiger partial charge in [0.1, 0.15) is 11.5 Å². The molecule has 0 saturated carbocycles. The number of anilines is 2. The highest BCUT2D eigenvalue weighted by molar-refractivity contribution is 6.05. The Kier molecular flexibility index (Phi) is 5.75. The Bertz CT molecular complexity index is 1120. The second kappa shape index (κ2) is 8.96. The number of nitrogens with one attached hydrogen (secondary N) is 1. The Labute approximate surface area is 175 Å². The number of hydrogen-bond donors (Lipinski definition) is 1. The first-order valence-corrected chi connectivity index (χ1v) is 9.61. The number of aromatic nitrogens is 3. The van der Waals surface area contributed by atoms with E-state index in [1.54, 1.807) is 30.4 Å². The summed E-state index contributed by atoms with van der Waals surface area (Å²) in [5.74, 6) is 0.887. The van der Waals surface area contributed by atoms with Crippen molar-refractivity contribution in [1.29, 1.82) is 0 Å². The molecule has 0 bridgehead atoms. The van der Waals surface area contributed by atoms with E-state index in [1.807, 2.05) is 72.8 Å². The van der Waals surface area contributed by atoms with Crippen molar-refractivity contribution in [2.45, 2.75) is 6.54 Å². The zero-order valence-corrected chi connectivity index (χ0v) is 16.6. The quantitative estimate of drug-likeness (QED) is 0.523. The SMILES string of the molecule is CN(C(=O)c1cc(NCc2ccncc2)nc(-c2ccccc2)n1)c1ccccc1. The van der Waals surface area contributed by atoms with Crippen LogP contribution in [0.2, 0.25) is 0 Å². The highest BCUT2D eigenvalue weighted by Gasteiger charge is 2.18. The predicted molar refractivity (Wildman–Crippen MR) is 118 cm³/mol. The van der Waals surface area contributed by atoms with E-state index in [2.05, 4.69) is 20.3 Å². The fourth-order valence-corrected chi connectivity index (χ4v) is 3.00. The Morgan fingerprint density at radius 1 is 0.900 bits per heavy atom. The summed E-state index contributed by atoms with van der Waals surface area (Å²) in [6.07, 6.45) is 3.49. The van der Waals surface area contributed by atoms with Crippen LogP contribution in [0.5, 0.6) is 0 Å². The molecule has 30 heavy (non-hydrogen) atoms. The third kappa shape index (κ3) is 4.50. The van der Waals surface area contributed by atoms with E-state index in [-0.39, 0.29) is 5.91 Å². The maximum Gasteiger partial charge on any atom is 0.276 e. The lowest BCUT2D eigenvalue weighted by molar-refractivity contribution is 0.0988. The molecule has 148 valence electrons. The summed E-state index contributed by atoms with van der Waals surface area (Å²) in [7, 11) is 1.74. The maximum atomic E-state index is 13.2. The summed E-state index contributed by atoms with van der Waals surface area (Å²) >= 11 is 0. The molecule has 6 heteroatoms. The molecule has 2 aromatic heterocycles. The summed E-state index contributed by atoms with van der Waals surface area (Å²) in [5.41, 5.74) is 3.04. The van der Waals surface area contributed by atoms with Crippen molar-refractivity contribution in [2.24, 2.45) is 0 Å². The molecule has 0 aliphatic heterocycles. The van der Waals surface area contributed by atoms with Crippen LogP contribution >= 0.6 is 0 Å². The number of carbonyl (C=O) groups is 1. The standard InChI is InChI=1S/C24H21N5O/c1-29(20-10-6-3-7-11-20)24(30)21-16-22(26-17-18-12-14-25-15-13-18)28-23(27-21)19-8-4-2-5-9-19/h2-16H,17H2,1H3,(H,26,27,28). The molecule has 0 fully saturated rings. The Balaban J connectivity index is 1.67. The van der Waals surface area contributed by atoms with Crippen molar-refractivity contribution < 1.29 is 4.79 Å². The highest BCUT2D eigenvalue weighted by atomic mass is 16.2. The number of para-hydroxylation sites is 1. The third-order valence-electron chi connectivity index (χ3n) is 4.65. The normalized spacial score (nSPS) is 10.4. The zero-order valence-electron chi connectivity index (χ0n) is 16.6. The first-order valence-electron chi connectivity index (χ1n) is 9.61. The number of amides is 1. The van der Waals surface area contributed by atoms with Crippen LogP contribution in [0, 0.1) is 0 Å². The van der Waals surface area contributed by atoms with Crippen LogP contribution in [-0.4, -0.2) is 27.9 Å². The van der Waals surface area contributed by atoms with Crippen LogP contribution in [0.25, 0.3) is 11.4 Å². The summed E-state index contributed by atoms with van der Waals surface area (Å²) in [6, 6.07) is 24.7. The molecule has 0 aliphatic rings. The molecule has 1 amide bonds. The van der Waals surface area contributed by atoms with E-state index in [4.69, 9.17) is 0 Å². The van der Waals surface area contributed by atoms with E-state index in [9.17, 15) is 4.79 Å². The molecule has 0 unspecified atom stereocenters. The van der Waals surface area contributed by atoms with E-state index in [1.165, 1.54) is 0 Å². The van der Waals surface area contributed by atoms with Crippen LogP contribution in [0.4, 0.5) is 11.5 Å². The van der Waals surface area contributed by atoms with Gasteiger partial charge < -0.3 is 10.2 Å². The second-order valence-corrected chi connectivity index (χ2v) is 6.74. The van der Waals surface area contributed by atoms with Crippen LogP contribution in [0.1, 0.15) is 16.1 Å². The van der Waals surface area contributed by atoms with Gasteiger partial charge in [0.15, 0.2) is 5.82 Å². The van der Waals surface area contributed by atoms with Gasteiger partial charge in [0.05, 0.1) is 0 Å². The van der Waals surface area contributed by atoms with Crippen molar-refractivity contribution in [3.8, 4) is 11.4 Å². The number of hydrogen-bond acceptors (Lipinski definition) is 5. The molecule has 0 spiro atoms. The molecule has 2 heterocycles. The van der Waals surface area contributed by atoms with Crippen molar-refractivity contribution in [3.05, 3.63) is 103 Å². The summed E-state index contributed by atoms with van der Waals surface area (Å²) in [5, 5.41) is 3.30. The zero-order chi connectivity index (χ0) is 20.8. The number of carbonyl (C=O) groups excluding carboxylic acids is 1. The van der Waals surface area contributed by atoms with E-state index in [0.29, 0.717) is 23.9 Å². The van der Waals surface area contributed by atoms with E-state index < -0.39 is 0 Å². The number of pyridine rings is 1. The lowest BCUT2D eigenvalue weighted by atomic mass is 10.2. The molecule has 1 N–H and O–H groups in total. The van der Waals surface area contributed by atoms with Crippen LogP contribution in [0.15, 0.2) is 91.3 Å². The first kappa shape index (κ1) is 19.3. The Hall–Kier alpha value is -4.06. The van der Waals surface area contributed by atoms with Gasteiger partial charge in [-0.1, -0.05) is 48.5 Å². The lowest BCUT2D eigenvalue weighted by Gasteiger charge is -2.18. The molecular formula is C24H21N5O. The van der Waals surface area contributed by atoms with Gasteiger partial charge in [-0.2, -0.15) is 0 Å². The van der Waals surface area contributed by atoms with Crippen LogP contribution < -0.4 is 10.2 Å². The van der Waals surface area contributed by atoms with Crippen molar-refractivity contribution in [3.63, 3.8) is 0 Å². The summed E-state index contributed by atoms with van der Waals surface area (Å²) in [4.78, 5) is 28.0. The largest absolute Gasteiger partial charge is 0.366 e. The van der Waals surface area contributed by atoms with E-state index >= 15 is 0 Å². The molecule has 6 nitrogen and oxygen atoms in total. The summed E-state index contributed by atoms with van der Waals surface area (Å²) in [6.45, 7) is 0.565. The molecule has 0 radical (unpaired) electrons. The minimum absolute atomic E-state index is 0.201. The lowest BCUT2D eigenvalue weighted by Crippen LogP contribution is -2.27. The average Bonchev–Trinajstić information content (AvgIpc) is 2.83. The summed E-state index contributed by atoms with van der Waals surface area (Å²) < 4.78 is 0. The fourth-order valence-electron chi connectivity index (χ4n) is 3.00. The van der Waals surface area contributed by atoms with Crippen molar-refractivity contribution in [1.82, 2.24) is 15.0 Å². The van der Waals surface area contributed by atoms with E-state index in [0.717, 1.165) is 16.8 Å².